The number of carbonyl (C=O) groups is 1. The lowest BCUT2D eigenvalue weighted by molar-refractivity contribution is -0.230. The molecule has 0 aromatic rings. The van der Waals surface area contributed by atoms with E-state index in [4.69, 9.17) is 4.74 Å². The number of amides is 1. The van der Waals surface area contributed by atoms with E-state index in [0.29, 0.717) is 28.2 Å². The smallest absolute Gasteiger partial charge is 0.407 e. The minimum atomic E-state index is -0.171. The highest BCUT2D eigenvalue weighted by Crippen LogP contribution is 2.74. The second-order valence-electron chi connectivity index (χ2n) is 13.2. The summed E-state index contributed by atoms with van der Waals surface area (Å²) in [6.45, 7) is 12.8. The zero-order valence-electron chi connectivity index (χ0n) is 20.2. The van der Waals surface area contributed by atoms with Gasteiger partial charge in [-0.2, -0.15) is 0 Å². The van der Waals surface area contributed by atoms with Gasteiger partial charge in [-0.1, -0.05) is 47.5 Å². The number of hydrogen-bond donors (Lipinski definition) is 1. The molecule has 30 heavy (non-hydrogen) atoms. The van der Waals surface area contributed by atoms with E-state index in [-0.39, 0.29) is 17.6 Å². The van der Waals surface area contributed by atoms with Crippen LogP contribution < -0.4 is 5.32 Å². The fraction of sp³-hybridized carbons (Fsp3) is 0.963. The summed E-state index contributed by atoms with van der Waals surface area (Å²) in [4.78, 5) is 12.4. The summed E-state index contributed by atoms with van der Waals surface area (Å²) in [5, 5.41) is 3.05. The van der Waals surface area contributed by atoms with Gasteiger partial charge in [-0.05, 0) is 98.2 Å². The Morgan fingerprint density at radius 3 is 2.27 bits per heavy atom. The number of hydrogen-bond acceptors (Lipinski definition) is 2. The molecule has 1 amide bonds. The third-order valence-electron chi connectivity index (χ3n) is 11.6. The zero-order valence-corrected chi connectivity index (χ0v) is 20.2. The Hall–Kier alpha value is -0.730. The molecule has 5 fully saturated rings. The van der Waals surface area contributed by atoms with Gasteiger partial charge in [-0.3, -0.25) is 0 Å². The summed E-state index contributed by atoms with van der Waals surface area (Å²) in [7, 11) is 0. The molecule has 0 aliphatic heterocycles. The second-order valence-corrected chi connectivity index (χ2v) is 13.2. The molecule has 5 aliphatic carbocycles. The van der Waals surface area contributed by atoms with Crippen molar-refractivity contribution in [1.82, 2.24) is 5.32 Å². The first-order valence-corrected chi connectivity index (χ1v) is 13.1. The molecule has 5 rings (SSSR count). The van der Waals surface area contributed by atoms with Crippen molar-refractivity contribution in [2.24, 2.45) is 39.4 Å². The monoisotopic (exact) mass is 415 g/mol. The van der Waals surface area contributed by atoms with Crippen molar-refractivity contribution < 1.29 is 9.53 Å². The van der Waals surface area contributed by atoms with Gasteiger partial charge in [0.2, 0.25) is 0 Å². The van der Waals surface area contributed by atoms with Crippen LogP contribution in [0.4, 0.5) is 4.79 Å². The molecule has 0 heterocycles. The fourth-order valence-electron chi connectivity index (χ4n) is 9.62. The first-order chi connectivity index (χ1) is 14.1. The molecular weight excluding hydrogens is 370 g/mol. The minimum absolute atomic E-state index is 0.0551. The van der Waals surface area contributed by atoms with Crippen molar-refractivity contribution in [2.75, 3.05) is 0 Å². The predicted octanol–water partition coefficient (Wildman–Crippen LogP) is 7.09. The largest absolute Gasteiger partial charge is 0.446 e. The van der Waals surface area contributed by atoms with Crippen molar-refractivity contribution in [3.63, 3.8) is 0 Å². The van der Waals surface area contributed by atoms with Crippen LogP contribution in [0.25, 0.3) is 0 Å². The summed E-state index contributed by atoms with van der Waals surface area (Å²) in [6, 6.07) is 0.372. The predicted molar refractivity (Wildman–Crippen MR) is 121 cm³/mol. The van der Waals surface area contributed by atoms with Gasteiger partial charge in [0.05, 0.1) is 0 Å². The molecule has 0 radical (unpaired) electrons. The second kappa shape index (κ2) is 6.88. The molecule has 3 unspecified atom stereocenters. The minimum Gasteiger partial charge on any atom is -0.446 e. The molecule has 0 saturated heterocycles. The molecule has 3 nitrogen and oxygen atoms in total. The molecular formula is C27H45NO2. The maximum Gasteiger partial charge on any atom is 0.407 e. The van der Waals surface area contributed by atoms with Crippen LogP contribution in [0, 0.1) is 39.4 Å². The summed E-state index contributed by atoms with van der Waals surface area (Å²) < 4.78 is 6.07. The van der Waals surface area contributed by atoms with Crippen LogP contribution in [0.5, 0.6) is 0 Å². The van der Waals surface area contributed by atoms with Crippen molar-refractivity contribution in [3.8, 4) is 0 Å². The fourth-order valence-corrected chi connectivity index (χ4v) is 9.62. The van der Waals surface area contributed by atoms with Gasteiger partial charge in [0, 0.05) is 11.5 Å². The van der Waals surface area contributed by atoms with E-state index < -0.39 is 0 Å². The van der Waals surface area contributed by atoms with Crippen LogP contribution in [-0.4, -0.2) is 18.2 Å². The van der Waals surface area contributed by atoms with Crippen LogP contribution >= 0.6 is 0 Å². The SMILES string of the molecule is CC1(C)C2CC[C@]3(C)C(CCC4CCCC[C@]43C)[C@@]2(C)CC[C@H]1OC(=O)NC1CC1. The van der Waals surface area contributed by atoms with Crippen LogP contribution in [-0.2, 0) is 4.74 Å². The normalized spacial score (nSPS) is 49.9. The highest BCUT2D eigenvalue weighted by Gasteiger charge is 2.67. The lowest BCUT2D eigenvalue weighted by atomic mass is 9.34. The Kier molecular flexibility index (Phi) is 4.85. The van der Waals surface area contributed by atoms with E-state index >= 15 is 0 Å². The lowest BCUT2D eigenvalue weighted by Crippen LogP contribution is -2.65. The molecule has 3 heteroatoms. The van der Waals surface area contributed by atoms with Gasteiger partial charge in [0.1, 0.15) is 6.10 Å². The van der Waals surface area contributed by atoms with E-state index in [0.717, 1.165) is 31.1 Å². The molecule has 5 saturated carbocycles. The number of nitrogens with one attached hydrogen (secondary N) is 1. The Morgan fingerprint density at radius 2 is 1.53 bits per heavy atom. The van der Waals surface area contributed by atoms with Crippen molar-refractivity contribution in [2.45, 2.75) is 124 Å². The standard InChI is InChI=1S/C27H45NO2/c1-24(2)20-13-17-27(5)21(12-9-18-8-6-7-15-26(18,27)4)25(20,3)16-14-22(24)30-23(29)28-19-10-11-19/h18-22H,6-17H2,1-5H3,(H,28,29)/t18?,20?,21?,22-,25+,26-,27-/m1/s1. The van der Waals surface area contributed by atoms with E-state index in [2.05, 4.69) is 39.9 Å². The molecule has 5 aliphatic rings. The van der Waals surface area contributed by atoms with Crippen molar-refractivity contribution in [1.29, 1.82) is 0 Å². The summed E-state index contributed by atoms with van der Waals surface area (Å²) in [5.74, 6) is 2.43. The number of fused-ring (bicyclic) bond motifs is 5. The highest BCUT2D eigenvalue weighted by atomic mass is 16.6. The number of ether oxygens (including phenoxy) is 1. The van der Waals surface area contributed by atoms with Crippen molar-refractivity contribution >= 4 is 6.09 Å². The maximum atomic E-state index is 12.4. The Labute approximate surface area is 184 Å². The van der Waals surface area contributed by atoms with Crippen LogP contribution in [0.1, 0.15) is 112 Å². The molecule has 1 N–H and O–H groups in total. The quantitative estimate of drug-likeness (QED) is 0.522. The Morgan fingerprint density at radius 1 is 0.767 bits per heavy atom. The summed E-state index contributed by atoms with van der Waals surface area (Å²) in [5.41, 5.74) is 1.45. The van der Waals surface area contributed by atoms with Gasteiger partial charge in [0.15, 0.2) is 0 Å². The van der Waals surface area contributed by atoms with Gasteiger partial charge in [0.25, 0.3) is 0 Å². The lowest BCUT2D eigenvalue weighted by Gasteiger charge is -2.71. The molecule has 0 spiro atoms. The van der Waals surface area contributed by atoms with E-state index in [9.17, 15) is 4.79 Å². The highest BCUT2D eigenvalue weighted by molar-refractivity contribution is 5.68. The topological polar surface area (TPSA) is 38.3 Å². The van der Waals surface area contributed by atoms with Crippen molar-refractivity contribution in [3.05, 3.63) is 0 Å². The number of rotatable bonds is 2. The average Bonchev–Trinajstić information content (AvgIpc) is 3.48. The van der Waals surface area contributed by atoms with E-state index in [1.54, 1.807) is 0 Å². The summed E-state index contributed by atoms with van der Waals surface area (Å²) >= 11 is 0. The molecule has 0 bridgehead atoms. The third-order valence-corrected chi connectivity index (χ3v) is 11.6. The van der Waals surface area contributed by atoms with Crippen LogP contribution in [0.3, 0.4) is 0 Å². The van der Waals surface area contributed by atoms with Crippen LogP contribution in [0.2, 0.25) is 0 Å². The van der Waals surface area contributed by atoms with Gasteiger partial charge < -0.3 is 10.1 Å². The van der Waals surface area contributed by atoms with Gasteiger partial charge in [-0.25, -0.2) is 4.79 Å². The third kappa shape index (κ3) is 2.92. The molecule has 7 atom stereocenters. The Balaban J connectivity index is 1.39. The maximum absolute atomic E-state index is 12.4. The van der Waals surface area contributed by atoms with Crippen LogP contribution in [0.15, 0.2) is 0 Å². The van der Waals surface area contributed by atoms with E-state index in [1.807, 2.05) is 0 Å². The number of alkyl carbamates (subject to hydrolysis) is 1. The average molecular weight is 416 g/mol. The Bertz CT molecular complexity index is 699. The molecule has 170 valence electrons. The zero-order chi connectivity index (χ0) is 21.4. The summed E-state index contributed by atoms with van der Waals surface area (Å²) in [6.07, 6.45) is 15.7. The van der Waals surface area contributed by atoms with E-state index in [1.165, 1.54) is 57.8 Å². The van der Waals surface area contributed by atoms with Gasteiger partial charge in [-0.15, -0.1) is 0 Å². The number of carbonyl (C=O) groups excluding carboxylic acids is 1. The molecule has 0 aromatic carbocycles. The first-order valence-electron chi connectivity index (χ1n) is 13.1. The first kappa shape index (κ1) is 21.1. The molecule has 0 aromatic heterocycles. The van der Waals surface area contributed by atoms with Gasteiger partial charge >= 0.3 is 6.09 Å².